The second-order valence-electron chi connectivity index (χ2n) is 8.73. The van der Waals surface area contributed by atoms with Crippen molar-refractivity contribution in [3.63, 3.8) is 0 Å². The van der Waals surface area contributed by atoms with Crippen LogP contribution in [0, 0.1) is 5.41 Å². The Morgan fingerprint density at radius 2 is 1.19 bits per heavy atom. The number of carbonyl (C=O) groups excluding carboxylic acids is 2. The molecule has 0 aromatic carbocycles. The number of hydrogen-bond acceptors (Lipinski definition) is 7. The van der Waals surface area contributed by atoms with Gasteiger partial charge in [0.2, 0.25) is 0 Å². The molecule has 1 N–H and O–H groups in total. The Kier molecular flexibility index (Phi) is 15.4. The highest BCUT2D eigenvalue weighted by molar-refractivity contribution is 6.12. The molecule has 2 amide bonds. The van der Waals surface area contributed by atoms with E-state index in [4.69, 9.17) is 18.9 Å². The molecular formula is C23H42N2O6. The van der Waals surface area contributed by atoms with Gasteiger partial charge in [0.05, 0.1) is 52.8 Å². The third-order valence-corrected chi connectivity index (χ3v) is 4.65. The third kappa shape index (κ3) is 16.0. The molecule has 8 heteroatoms. The molecule has 31 heavy (non-hydrogen) atoms. The first-order chi connectivity index (χ1) is 14.9. The highest BCUT2D eigenvalue weighted by atomic mass is 16.6. The molecule has 0 atom stereocenters. The predicted octanol–water partition coefficient (Wildman–Crippen LogP) is 2.17. The van der Waals surface area contributed by atoms with Crippen LogP contribution in [0.1, 0.15) is 46.5 Å². The monoisotopic (exact) mass is 442 g/mol. The van der Waals surface area contributed by atoms with Crippen LogP contribution in [0.3, 0.4) is 0 Å². The summed E-state index contributed by atoms with van der Waals surface area (Å²) in [6.07, 6.45) is 7.34. The van der Waals surface area contributed by atoms with E-state index in [1.54, 1.807) is 0 Å². The summed E-state index contributed by atoms with van der Waals surface area (Å²) >= 11 is 0. The van der Waals surface area contributed by atoms with E-state index < -0.39 is 0 Å². The first-order valence-corrected chi connectivity index (χ1v) is 11.5. The van der Waals surface area contributed by atoms with Crippen LogP contribution in [0.15, 0.2) is 12.2 Å². The number of ether oxygens (including phenoxy) is 4. The number of nitrogens with one attached hydrogen (secondary N) is 1. The topological polar surface area (TPSA) is 86.3 Å². The summed E-state index contributed by atoms with van der Waals surface area (Å²) in [6, 6.07) is 0. The molecule has 0 aromatic heterocycles. The molecule has 0 unspecified atom stereocenters. The minimum absolute atomic E-state index is 0.265. The van der Waals surface area contributed by atoms with Crippen molar-refractivity contribution >= 4 is 11.8 Å². The van der Waals surface area contributed by atoms with Crippen molar-refractivity contribution in [1.82, 2.24) is 10.2 Å². The Morgan fingerprint density at radius 3 is 1.74 bits per heavy atom. The van der Waals surface area contributed by atoms with Gasteiger partial charge in [-0.05, 0) is 37.8 Å². The molecule has 1 aliphatic heterocycles. The van der Waals surface area contributed by atoms with Crippen molar-refractivity contribution in [2.45, 2.75) is 46.5 Å². The van der Waals surface area contributed by atoms with E-state index in [0.29, 0.717) is 51.7 Å². The van der Waals surface area contributed by atoms with Crippen molar-refractivity contribution in [2.75, 3.05) is 72.5 Å². The maximum Gasteiger partial charge on any atom is 0.253 e. The molecule has 0 bridgehead atoms. The van der Waals surface area contributed by atoms with Gasteiger partial charge in [-0.2, -0.15) is 0 Å². The Balaban J connectivity index is 1.70. The van der Waals surface area contributed by atoms with Gasteiger partial charge in [0.25, 0.3) is 11.8 Å². The lowest BCUT2D eigenvalue weighted by atomic mass is 9.90. The number of nitrogens with zero attached hydrogens (tertiary/aromatic N) is 1. The first-order valence-electron chi connectivity index (χ1n) is 11.5. The molecule has 0 spiro atoms. The van der Waals surface area contributed by atoms with Crippen LogP contribution in [0.2, 0.25) is 0 Å². The molecule has 0 radical (unpaired) electrons. The van der Waals surface area contributed by atoms with Gasteiger partial charge in [0.1, 0.15) is 0 Å². The van der Waals surface area contributed by atoms with Crippen LogP contribution in [0.4, 0.5) is 0 Å². The lowest BCUT2D eigenvalue weighted by Gasteiger charge is -2.17. The molecule has 8 nitrogen and oxygen atoms in total. The second-order valence-corrected chi connectivity index (χ2v) is 8.73. The fraction of sp³-hybridized carbons (Fsp3) is 0.826. The number of hydrogen-bond donors (Lipinski definition) is 1. The van der Waals surface area contributed by atoms with E-state index in [9.17, 15) is 9.59 Å². The summed E-state index contributed by atoms with van der Waals surface area (Å²) in [6.45, 7) is 13.3. The maximum atomic E-state index is 11.3. The van der Waals surface area contributed by atoms with Gasteiger partial charge >= 0.3 is 0 Å². The average molecular weight is 443 g/mol. The summed E-state index contributed by atoms with van der Waals surface area (Å²) in [5.74, 6) is -0.575. The van der Waals surface area contributed by atoms with Crippen molar-refractivity contribution in [3.8, 4) is 0 Å². The Labute approximate surface area is 187 Å². The second kappa shape index (κ2) is 17.3. The third-order valence-electron chi connectivity index (χ3n) is 4.65. The summed E-state index contributed by atoms with van der Waals surface area (Å²) in [7, 11) is 0. The summed E-state index contributed by atoms with van der Waals surface area (Å²) in [5, 5.41) is 3.46. The molecule has 180 valence electrons. The van der Waals surface area contributed by atoms with Crippen LogP contribution >= 0.6 is 0 Å². The van der Waals surface area contributed by atoms with Gasteiger partial charge in [-0.25, -0.2) is 0 Å². The number of imide groups is 1. The SMILES string of the molecule is CC(C)(C)CCCCNCCCOCCOCCOCCOCCN1C(=O)C=CC1=O. The number of amides is 2. The fourth-order valence-electron chi connectivity index (χ4n) is 2.90. The van der Waals surface area contributed by atoms with E-state index >= 15 is 0 Å². The summed E-state index contributed by atoms with van der Waals surface area (Å²) in [4.78, 5) is 23.8. The van der Waals surface area contributed by atoms with Crippen LogP contribution in [0.25, 0.3) is 0 Å². The zero-order valence-corrected chi connectivity index (χ0v) is 19.7. The Morgan fingerprint density at radius 1 is 0.710 bits per heavy atom. The molecule has 1 rings (SSSR count). The predicted molar refractivity (Wildman–Crippen MR) is 120 cm³/mol. The van der Waals surface area contributed by atoms with Crippen LogP contribution in [0.5, 0.6) is 0 Å². The lowest BCUT2D eigenvalue weighted by molar-refractivity contribution is -0.137. The van der Waals surface area contributed by atoms with Crippen LogP contribution < -0.4 is 5.32 Å². The minimum Gasteiger partial charge on any atom is -0.379 e. The van der Waals surface area contributed by atoms with Gasteiger partial charge in [-0.3, -0.25) is 14.5 Å². The van der Waals surface area contributed by atoms with Crippen LogP contribution in [-0.4, -0.2) is 89.2 Å². The average Bonchev–Trinajstić information content (AvgIpc) is 3.03. The zero-order chi connectivity index (χ0) is 22.8. The first kappa shape index (κ1) is 27.7. The number of carbonyl (C=O) groups is 2. The van der Waals surface area contributed by atoms with Gasteiger partial charge in [-0.15, -0.1) is 0 Å². The molecule has 0 fully saturated rings. The largest absolute Gasteiger partial charge is 0.379 e. The van der Waals surface area contributed by atoms with Gasteiger partial charge in [0.15, 0.2) is 0 Å². The zero-order valence-electron chi connectivity index (χ0n) is 19.7. The number of unbranched alkanes of at least 4 members (excludes halogenated alkanes) is 1. The van der Waals surface area contributed by atoms with Gasteiger partial charge < -0.3 is 24.3 Å². The van der Waals surface area contributed by atoms with E-state index in [0.717, 1.165) is 31.0 Å². The highest BCUT2D eigenvalue weighted by Gasteiger charge is 2.22. The smallest absolute Gasteiger partial charge is 0.253 e. The minimum atomic E-state index is -0.287. The highest BCUT2D eigenvalue weighted by Crippen LogP contribution is 2.21. The van der Waals surface area contributed by atoms with E-state index in [2.05, 4.69) is 26.1 Å². The van der Waals surface area contributed by atoms with Crippen molar-refractivity contribution in [3.05, 3.63) is 12.2 Å². The standard InChI is InChI=1S/C23H42N2O6/c1-23(2,3)9-4-5-10-24-11-6-13-28-15-17-30-19-20-31-18-16-29-14-12-25-21(26)7-8-22(25)27/h7-8,24H,4-6,9-20H2,1-3H3. The van der Waals surface area contributed by atoms with Crippen molar-refractivity contribution < 1.29 is 28.5 Å². The van der Waals surface area contributed by atoms with Gasteiger partial charge in [-0.1, -0.05) is 27.2 Å². The molecule has 0 aliphatic carbocycles. The normalized spacial score (nSPS) is 14.2. The number of rotatable bonds is 20. The molecule has 0 saturated heterocycles. The Bertz CT molecular complexity index is 501. The van der Waals surface area contributed by atoms with E-state index in [1.165, 1.54) is 31.4 Å². The van der Waals surface area contributed by atoms with Crippen LogP contribution in [-0.2, 0) is 28.5 Å². The molecule has 0 saturated carbocycles. The molecular weight excluding hydrogens is 400 g/mol. The van der Waals surface area contributed by atoms with Crippen molar-refractivity contribution in [2.24, 2.45) is 5.41 Å². The van der Waals surface area contributed by atoms with Gasteiger partial charge in [0, 0.05) is 18.8 Å². The fourth-order valence-corrected chi connectivity index (χ4v) is 2.90. The summed E-state index contributed by atoms with van der Waals surface area (Å²) in [5.41, 5.74) is 0.439. The Hall–Kier alpha value is -1.32. The molecule has 1 aliphatic rings. The lowest BCUT2D eigenvalue weighted by Crippen LogP contribution is -2.33. The molecule has 1 heterocycles. The maximum absolute atomic E-state index is 11.3. The van der Waals surface area contributed by atoms with E-state index in [1.807, 2.05) is 0 Å². The van der Waals surface area contributed by atoms with Crippen molar-refractivity contribution in [1.29, 1.82) is 0 Å². The summed E-state index contributed by atoms with van der Waals surface area (Å²) < 4.78 is 21.8. The van der Waals surface area contributed by atoms with E-state index in [-0.39, 0.29) is 18.4 Å². The molecule has 0 aromatic rings. The quantitative estimate of drug-likeness (QED) is 0.228.